The summed E-state index contributed by atoms with van der Waals surface area (Å²) in [5, 5.41) is 0. The van der Waals surface area contributed by atoms with Crippen molar-refractivity contribution in [1.82, 2.24) is 0 Å². The van der Waals surface area contributed by atoms with Gasteiger partial charge in [-0.15, -0.1) is 0 Å². The zero-order valence-electron chi connectivity index (χ0n) is 10.9. The van der Waals surface area contributed by atoms with Crippen molar-refractivity contribution in [3.63, 3.8) is 0 Å². The van der Waals surface area contributed by atoms with Crippen LogP contribution in [0.1, 0.15) is 17.3 Å². The first kappa shape index (κ1) is 15.5. The second-order valence-corrected chi connectivity index (χ2v) is 5.53. The largest absolute Gasteiger partial charge is 0.465 e. The van der Waals surface area contributed by atoms with Crippen LogP contribution in [-0.2, 0) is 19.5 Å². The first-order valence-corrected chi connectivity index (χ1v) is 7.40. The van der Waals surface area contributed by atoms with E-state index in [1.54, 1.807) is 25.1 Å². The van der Waals surface area contributed by atoms with Gasteiger partial charge < -0.3 is 9.47 Å². The molecule has 0 aliphatic rings. The fourth-order valence-electron chi connectivity index (χ4n) is 1.37. The zero-order chi connectivity index (χ0) is 14.3. The standard InChI is InChI=1S/C12H17NO5S/c1-3-18-7-8-19(15,16)13-11-6-4-5-10(9-11)12(14)17-2/h4-6,9,13H,3,7-8H2,1-2H3. The van der Waals surface area contributed by atoms with Crippen LogP contribution in [0.4, 0.5) is 5.69 Å². The predicted octanol–water partition coefficient (Wildman–Crippen LogP) is 1.25. The van der Waals surface area contributed by atoms with Crippen LogP contribution in [0.3, 0.4) is 0 Å². The van der Waals surface area contributed by atoms with Gasteiger partial charge in [0.2, 0.25) is 10.0 Å². The van der Waals surface area contributed by atoms with Crippen molar-refractivity contribution in [2.24, 2.45) is 0 Å². The molecule has 1 rings (SSSR count). The predicted molar refractivity (Wildman–Crippen MR) is 71.7 cm³/mol. The van der Waals surface area contributed by atoms with Crippen LogP contribution in [0, 0.1) is 0 Å². The van der Waals surface area contributed by atoms with Crippen LogP contribution < -0.4 is 4.72 Å². The maximum atomic E-state index is 11.7. The Labute approximate surface area is 112 Å². The van der Waals surface area contributed by atoms with Crippen molar-refractivity contribution < 1.29 is 22.7 Å². The average Bonchev–Trinajstić information content (AvgIpc) is 2.37. The van der Waals surface area contributed by atoms with Gasteiger partial charge in [-0.05, 0) is 25.1 Å². The highest BCUT2D eigenvalue weighted by atomic mass is 32.2. The second kappa shape index (κ2) is 7.10. The normalized spacial score (nSPS) is 11.1. The molecule has 0 saturated heterocycles. The van der Waals surface area contributed by atoms with Gasteiger partial charge in [-0.25, -0.2) is 13.2 Å². The molecular weight excluding hydrogens is 270 g/mol. The smallest absolute Gasteiger partial charge is 0.337 e. The van der Waals surface area contributed by atoms with Gasteiger partial charge in [0.15, 0.2) is 0 Å². The van der Waals surface area contributed by atoms with E-state index in [1.807, 2.05) is 0 Å². The molecule has 7 heteroatoms. The zero-order valence-corrected chi connectivity index (χ0v) is 11.7. The van der Waals surface area contributed by atoms with E-state index in [0.29, 0.717) is 12.3 Å². The number of nitrogens with one attached hydrogen (secondary N) is 1. The molecule has 0 bridgehead atoms. The molecule has 0 atom stereocenters. The lowest BCUT2D eigenvalue weighted by atomic mass is 10.2. The van der Waals surface area contributed by atoms with Crippen molar-refractivity contribution in [2.75, 3.05) is 30.8 Å². The quantitative estimate of drug-likeness (QED) is 0.603. The van der Waals surface area contributed by atoms with Gasteiger partial charge in [0.05, 0.1) is 25.0 Å². The van der Waals surface area contributed by atoms with Gasteiger partial charge in [0.25, 0.3) is 0 Å². The van der Waals surface area contributed by atoms with E-state index in [9.17, 15) is 13.2 Å². The Balaban J connectivity index is 2.73. The summed E-state index contributed by atoms with van der Waals surface area (Å²) in [4.78, 5) is 11.3. The van der Waals surface area contributed by atoms with E-state index in [2.05, 4.69) is 9.46 Å². The second-order valence-electron chi connectivity index (χ2n) is 3.69. The Kier molecular flexibility index (Phi) is 5.78. The number of benzene rings is 1. The minimum absolute atomic E-state index is 0.128. The van der Waals surface area contributed by atoms with Crippen molar-refractivity contribution in [3.8, 4) is 0 Å². The minimum atomic E-state index is -3.48. The van der Waals surface area contributed by atoms with Crippen molar-refractivity contribution >= 4 is 21.7 Å². The van der Waals surface area contributed by atoms with Gasteiger partial charge in [0, 0.05) is 12.3 Å². The van der Waals surface area contributed by atoms with E-state index in [4.69, 9.17) is 4.74 Å². The Morgan fingerprint density at radius 1 is 1.37 bits per heavy atom. The molecule has 0 radical (unpaired) electrons. The maximum Gasteiger partial charge on any atom is 0.337 e. The number of hydrogen-bond donors (Lipinski definition) is 1. The number of hydrogen-bond acceptors (Lipinski definition) is 5. The number of methoxy groups -OCH3 is 1. The van der Waals surface area contributed by atoms with Crippen LogP contribution in [0.2, 0.25) is 0 Å². The summed E-state index contributed by atoms with van der Waals surface area (Å²) in [6, 6.07) is 6.10. The number of carbonyl (C=O) groups is 1. The molecule has 0 saturated carbocycles. The minimum Gasteiger partial charge on any atom is -0.465 e. The lowest BCUT2D eigenvalue weighted by Gasteiger charge is -2.09. The van der Waals surface area contributed by atoms with Gasteiger partial charge in [-0.2, -0.15) is 0 Å². The van der Waals surface area contributed by atoms with E-state index in [1.165, 1.54) is 13.2 Å². The third-order valence-corrected chi connectivity index (χ3v) is 3.51. The summed E-state index contributed by atoms with van der Waals surface area (Å²) in [5.41, 5.74) is 0.604. The Morgan fingerprint density at radius 2 is 2.11 bits per heavy atom. The summed E-state index contributed by atoms with van der Waals surface area (Å²) < 4.78 is 35.4. The number of esters is 1. The third kappa shape index (κ3) is 5.27. The molecule has 1 aromatic rings. The summed E-state index contributed by atoms with van der Waals surface area (Å²) in [6.07, 6.45) is 0. The molecule has 0 aromatic heterocycles. The van der Waals surface area contributed by atoms with Gasteiger partial charge >= 0.3 is 5.97 Å². The first-order chi connectivity index (χ1) is 8.98. The van der Waals surface area contributed by atoms with E-state index >= 15 is 0 Å². The SMILES string of the molecule is CCOCCS(=O)(=O)Nc1cccc(C(=O)OC)c1. The molecule has 106 valence electrons. The lowest BCUT2D eigenvalue weighted by Crippen LogP contribution is -2.20. The summed E-state index contributed by atoms with van der Waals surface area (Å²) in [6.45, 7) is 2.38. The Bertz CT molecular complexity index is 527. The molecule has 0 aliphatic heterocycles. The lowest BCUT2D eigenvalue weighted by molar-refractivity contribution is 0.0600. The topological polar surface area (TPSA) is 81.7 Å². The maximum absolute atomic E-state index is 11.7. The van der Waals surface area contributed by atoms with Crippen molar-refractivity contribution in [3.05, 3.63) is 29.8 Å². The van der Waals surface area contributed by atoms with E-state index < -0.39 is 16.0 Å². The molecular formula is C12H17NO5S. The molecule has 0 spiro atoms. The highest BCUT2D eigenvalue weighted by Crippen LogP contribution is 2.13. The fraction of sp³-hybridized carbons (Fsp3) is 0.417. The number of anilines is 1. The van der Waals surface area contributed by atoms with Gasteiger partial charge in [-0.1, -0.05) is 6.07 Å². The number of sulfonamides is 1. The number of carbonyl (C=O) groups excluding carboxylic acids is 1. The first-order valence-electron chi connectivity index (χ1n) is 5.75. The Morgan fingerprint density at radius 3 is 2.74 bits per heavy atom. The fourth-order valence-corrected chi connectivity index (χ4v) is 2.30. The molecule has 0 unspecified atom stereocenters. The highest BCUT2D eigenvalue weighted by Gasteiger charge is 2.12. The average molecular weight is 287 g/mol. The third-order valence-electron chi connectivity index (χ3n) is 2.26. The van der Waals surface area contributed by atoms with Crippen LogP contribution in [0.25, 0.3) is 0 Å². The Hall–Kier alpha value is -1.60. The molecule has 19 heavy (non-hydrogen) atoms. The van der Waals surface area contributed by atoms with Crippen LogP contribution in [-0.4, -0.2) is 40.5 Å². The monoisotopic (exact) mass is 287 g/mol. The summed E-state index contributed by atoms with van der Waals surface area (Å²) in [5.74, 6) is -0.654. The summed E-state index contributed by atoms with van der Waals surface area (Å²) >= 11 is 0. The molecule has 0 fully saturated rings. The van der Waals surface area contributed by atoms with Crippen molar-refractivity contribution in [2.45, 2.75) is 6.92 Å². The van der Waals surface area contributed by atoms with Crippen LogP contribution >= 0.6 is 0 Å². The van der Waals surface area contributed by atoms with Crippen LogP contribution in [0.5, 0.6) is 0 Å². The van der Waals surface area contributed by atoms with Crippen LogP contribution in [0.15, 0.2) is 24.3 Å². The van der Waals surface area contributed by atoms with Crippen molar-refractivity contribution in [1.29, 1.82) is 0 Å². The summed E-state index contributed by atoms with van der Waals surface area (Å²) in [7, 11) is -2.22. The van der Waals surface area contributed by atoms with Gasteiger partial charge in [-0.3, -0.25) is 4.72 Å². The molecule has 1 aromatic carbocycles. The molecule has 0 heterocycles. The van der Waals surface area contributed by atoms with E-state index in [-0.39, 0.29) is 17.9 Å². The number of ether oxygens (including phenoxy) is 2. The van der Waals surface area contributed by atoms with E-state index in [0.717, 1.165) is 0 Å². The molecule has 1 N–H and O–H groups in total. The molecule has 0 aliphatic carbocycles. The molecule has 6 nitrogen and oxygen atoms in total. The molecule has 0 amide bonds. The highest BCUT2D eigenvalue weighted by molar-refractivity contribution is 7.92. The van der Waals surface area contributed by atoms with Gasteiger partial charge in [0.1, 0.15) is 0 Å². The number of rotatable bonds is 7.